The first-order valence-corrected chi connectivity index (χ1v) is 6.47. The Bertz CT molecular complexity index is 527. The Morgan fingerprint density at radius 3 is 2.63 bits per heavy atom. The maximum Gasteiger partial charge on any atom is 0.352 e. The fraction of sp³-hybridized carbons (Fsp3) is 0.308. The van der Waals surface area contributed by atoms with Crippen LogP contribution >= 0.6 is 12.6 Å². The molecule has 0 saturated carbocycles. The number of nitrogens with zero attached hydrogens (tertiary/aromatic N) is 1. The van der Waals surface area contributed by atoms with E-state index in [1.165, 1.54) is 6.08 Å². The average Bonchev–Trinajstić information content (AvgIpc) is 2.43. The molecule has 1 aromatic heterocycles. The van der Waals surface area contributed by atoms with Gasteiger partial charge in [-0.2, -0.15) is 12.6 Å². The molecule has 0 atom stereocenters. The molecule has 0 unspecified atom stereocenters. The van der Waals surface area contributed by atoms with Gasteiger partial charge < -0.3 is 10.4 Å². The standard InChI is InChI=1S/C13H16N2O3S/c1-3-9-8(7-19)5-6-11(14-9)12(16)15-10(4-2)13(17)18/h4-6,19H,3,7H2,1-2H3,(H,15,16)(H,17,18)/b10-4+. The SMILES string of the molecule is C/C=C(/NC(=O)c1ccc(CS)c(CC)n1)C(=O)O. The van der Waals surface area contributed by atoms with Crippen LogP contribution in [0.25, 0.3) is 0 Å². The smallest absolute Gasteiger partial charge is 0.352 e. The Hall–Kier alpha value is -1.82. The van der Waals surface area contributed by atoms with Crippen molar-refractivity contribution in [3.8, 4) is 0 Å². The topological polar surface area (TPSA) is 79.3 Å². The van der Waals surface area contributed by atoms with E-state index in [2.05, 4.69) is 22.9 Å². The van der Waals surface area contributed by atoms with E-state index < -0.39 is 11.9 Å². The molecule has 0 aliphatic carbocycles. The van der Waals surface area contributed by atoms with Gasteiger partial charge in [0.1, 0.15) is 11.4 Å². The molecule has 2 N–H and O–H groups in total. The van der Waals surface area contributed by atoms with Crippen LogP contribution in [0.5, 0.6) is 0 Å². The van der Waals surface area contributed by atoms with Gasteiger partial charge in [0.2, 0.25) is 0 Å². The van der Waals surface area contributed by atoms with Gasteiger partial charge in [0.25, 0.3) is 5.91 Å². The number of amides is 1. The van der Waals surface area contributed by atoms with Gasteiger partial charge in [-0.1, -0.05) is 19.1 Å². The number of aromatic nitrogens is 1. The van der Waals surface area contributed by atoms with Crippen LogP contribution in [-0.4, -0.2) is 22.0 Å². The Labute approximate surface area is 117 Å². The van der Waals surface area contributed by atoms with Crippen LogP contribution in [0.15, 0.2) is 23.9 Å². The van der Waals surface area contributed by atoms with Crippen LogP contribution in [0.3, 0.4) is 0 Å². The molecule has 0 fully saturated rings. The number of pyridine rings is 1. The van der Waals surface area contributed by atoms with E-state index >= 15 is 0 Å². The minimum absolute atomic E-state index is 0.164. The van der Waals surface area contributed by atoms with E-state index in [9.17, 15) is 9.59 Å². The quantitative estimate of drug-likeness (QED) is 0.567. The Morgan fingerprint density at radius 1 is 1.47 bits per heavy atom. The zero-order valence-electron chi connectivity index (χ0n) is 10.8. The molecule has 0 aliphatic rings. The van der Waals surface area contributed by atoms with Crippen LogP contribution in [0.1, 0.15) is 35.6 Å². The van der Waals surface area contributed by atoms with Gasteiger partial charge >= 0.3 is 5.97 Å². The summed E-state index contributed by atoms with van der Waals surface area (Å²) in [5, 5.41) is 11.2. The first-order valence-electron chi connectivity index (χ1n) is 5.84. The molecule has 1 rings (SSSR count). The molecule has 0 spiro atoms. The van der Waals surface area contributed by atoms with Crippen molar-refractivity contribution in [2.24, 2.45) is 0 Å². The van der Waals surface area contributed by atoms with Gasteiger partial charge in [0.15, 0.2) is 0 Å². The summed E-state index contributed by atoms with van der Waals surface area (Å²) in [6.07, 6.45) is 2.01. The van der Waals surface area contributed by atoms with Gasteiger partial charge in [0, 0.05) is 11.4 Å². The second kappa shape index (κ2) is 6.94. The molecule has 0 aliphatic heterocycles. The van der Waals surface area contributed by atoms with E-state index in [-0.39, 0.29) is 11.4 Å². The van der Waals surface area contributed by atoms with Crippen LogP contribution in [0.4, 0.5) is 0 Å². The zero-order chi connectivity index (χ0) is 14.4. The first kappa shape index (κ1) is 15.2. The highest BCUT2D eigenvalue weighted by Gasteiger charge is 2.14. The zero-order valence-corrected chi connectivity index (χ0v) is 11.7. The van der Waals surface area contributed by atoms with E-state index in [0.717, 1.165) is 11.3 Å². The number of aliphatic carboxylic acids is 1. The number of thiol groups is 1. The second-order valence-corrected chi connectivity index (χ2v) is 4.09. The molecule has 102 valence electrons. The lowest BCUT2D eigenvalue weighted by molar-refractivity contribution is -0.133. The number of aryl methyl sites for hydroxylation is 1. The van der Waals surface area contributed by atoms with Crippen molar-refractivity contribution in [3.05, 3.63) is 40.9 Å². The molecular weight excluding hydrogens is 264 g/mol. The van der Waals surface area contributed by atoms with Gasteiger partial charge in [-0.25, -0.2) is 9.78 Å². The van der Waals surface area contributed by atoms with Gasteiger partial charge in [-0.3, -0.25) is 4.79 Å². The lowest BCUT2D eigenvalue weighted by Gasteiger charge is -2.08. The van der Waals surface area contributed by atoms with Gasteiger partial charge in [-0.15, -0.1) is 0 Å². The number of carbonyl (C=O) groups is 2. The number of carboxylic acids is 1. The van der Waals surface area contributed by atoms with Crippen molar-refractivity contribution in [1.29, 1.82) is 0 Å². The molecule has 0 bridgehead atoms. The van der Waals surface area contributed by atoms with Crippen LogP contribution in [0, 0.1) is 0 Å². The number of hydrogen-bond acceptors (Lipinski definition) is 4. The summed E-state index contributed by atoms with van der Waals surface area (Å²) in [7, 11) is 0. The fourth-order valence-electron chi connectivity index (χ4n) is 1.54. The Kier molecular flexibility index (Phi) is 5.57. The summed E-state index contributed by atoms with van der Waals surface area (Å²) in [4.78, 5) is 26.9. The van der Waals surface area contributed by atoms with E-state index in [4.69, 9.17) is 5.11 Å². The summed E-state index contributed by atoms with van der Waals surface area (Å²) >= 11 is 4.19. The molecular formula is C13H16N2O3S. The average molecular weight is 280 g/mol. The summed E-state index contributed by atoms with van der Waals surface area (Å²) in [6, 6.07) is 3.35. The van der Waals surface area contributed by atoms with Crippen molar-refractivity contribution < 1.29 is 14.7 Å². The molecule has 1 heterocycles. The second-order valence-electron chi connectivity index (χ2n) is 3.78. The van der Waals surface area contributed by atoms with E-state index in [1.54, 1.807) is 19.1 Å². The number of nitrogens with one attached hydrogen (secondary N) is 1. The van der Waals surface area contributed by atoms with Crippen molar-refractivity contribution in [2.75, 3.05) is 0 Å². The number of carbonyl (C=O) groups excluding carboxylic acids is 1. The highest BCUT2D eigenvalue weighted by Crippen LogP contribution is 2.11. The fourth-order valence-corrected chi connectivity index (χ4v) is 1.83. The molecule has 0 saturated heterocycles. The number of carboxylic acid groups (broad SMARTS) is 1. The van der Waals surface area contributed by atoms with E-state index in [0.29, 0.717) is 12.2 Å². The van der Waals surface area contributed by atoms with Gasteiger partial charge in [-0.05, 0) is 25.0 Å². The minimum Gasteiger partial charge on any atom is -0.477 e. The summed E-state index contributed by atoms with van der Waals surface area (Å²) in [5.74, 6) is -1.16. The number of hydrogen-bond donors (Lipinski definition) is 3. The predicted molar refractivity (Wildman–Crippen MR) is 75.2 cm³/mol. The van der Waals surface area contributed by atoms with Crippen molar-refractivity contribution in [2.45, 2.75) is 26.0 Å². The molecule has 5 nitrogen and oxygen atoms in total. The summed E-state index contributed by atoms with van der Waals surface area (Å²) in [6.45, 7) is 3.48. The molecule has 1 aromatic rings. The third kappa shape index (κ3) is 3.82. The first-order chi connectivity index (χ1) is 9.03. The highest BCUT2D eigenvalue weighted by molar-refractivity contribution is 7.79. The minimum atomic E-state index is -1.18. The maximum absolute atomic E-state index is 11.9. The van der Waals surface area contributed by atoms with E-state index in [1.807, 2.05) is 6.92 Å². The van der Waals surface area contributed by atoms with Crippen molar-refractivity contribution in [1.82, 2.24) is 10.3 Å². The lowest BCUT2D eigenvalue weighted by Crippen LogP contribution is -2.28. The van der Waals surface area contributed by atoms with Crippen LogP contribution in [0.2, 0.25) is 0 Å². The Balaban J connectivity index is 2.98. The maximum atomic E-state index is 11.9. The third-order valence-electron chi connectivity index (χ3n) is 2.57. The van der Waals surface area contributed by atoms with Crippen LogP contribution < -0.4 is 5.32 Å². The molecule has 0 radical (unpaired) electrons. The lowest BCUT2D eigenvalue weighted by atomic mass is 10.1. The monoisotopic (exact) mass is 280 g/mol. The highest BCUT2D eigenvalue weighted by atomic mass is 32.1. The third-order valence-corrected chi connectivity index (χ3v) is 2.91. The van der Waals surface area contributed by atoms with Crippen molar-refractivity contribution >= 4 is 24.5 Å². The largest absolute Gasteiger partial charge is 0.477 e. The number of rotatable bonds is 5. The Morgan fingerprint density at radius 2 is 2.16 bits per heavy atom. The molecule has 19 heavy (non-hydrogen) atoms. The summed E-state index contributed by atoms with van der Waals surface area (Å²) < 4.78 is 0. The van der Waals surface area contributed by atoms with Gasteiger partial charge in [0.05, 0.1) is 0 Å². The number of allylic oxidation sites excluding steroid dienone is 1. The normalized spacial score (nSPS) is 11.2. The molecule has 1 amide bonds. The molecule has 0 aromatic carbocycles. The van der Waals surface area contributed by atoms with Crippen LogP contribution in [-0.2, 0) is 17.0 Å². The van der Waals surface area contributed by atoms with Crippen molar-refractivity contribution in [3.63, 3.8) is 0 Å². The predicted octanol–water partition coefficient (Wildman–Crippen LogP) is 1.79. The molecule has 6 heteroatoms. The summed E-state index contributed by atoms with van der Waals surface area (Å²) in [5.41, 5.74) is 1.79.